The summed E-state index contributed by atoms with van der Waals surface area (Å²) >= 11 is 0. The van der Waals surface area contributed by atoms with Crippen LogP contribution in [0.25, 0.3) is 0 Å². The highest BCUT2D eigenvalue weighted by atomic mass is 16.4. The van der Waals surface area contributed by atoms with E-state index in [0.717, 1.165) is 13.5 Å². The average Bonchev–Trinajstić information content (AvgIpc) is 2.34. The predicted molar refractivity (Wildman–Crippen MR) is 42.0 cm³/mol. The summed E-state index contributed by atoms with van der Waals surface area (Å²) in [5, 5.41) is 8.89. The first-order valence-electron chi connectivity index (χ1n) is 3.74. The second-order valence-corrected chi connectivity index (χ2v) is 2.40. The number of hydrogen-bond acceptors (Lipinski definition) is 2. The third kappa shape index (κ3) is 5.46. The number of carbonyl (C=O) groups is 1. The van der Waals surface area contributed by atoms with E-state index < -0.39 is 5.97 Å². The van der Waals surface area contributed by atoms with E-state index in [2.05, 4.69) is 24.0 Å². The molecule has 0 saturated carbocycles. The van der Waals surface area contributed by atoms with Gasteiger partial charge in [-0.1, -0.05) is 0 Å². The molecule has 0 fully saturated rings. The smallest absolute Gasteiger partial charge is 0.243 e. The largest absolute Gasteiger partial charge is 0.550 e. The van der Waals surface area contributed by atoms with Crippen LogP contribution in [0.15, 0.2) is 18.7 Å². The Labute approximate surface area is 72.1 Å². The zero-order valence-corrected chi connectivity index (χ0v) is 7.65. The molecule has 4 nitrogen and oxygen atoms in total. The van der Waals surface area contributed by atoms with Gasteiger partial charge in [0.15, 0.2) is 0 Å². The van der Waals surface area contributed by atoms with Crippen LogP contribution in [-0.2, 0) is 18.4 Å². The van der Waals surface area contributed by atoms with Gasteiger partial charge in [0.25, 0.3) is 0 Å². The fourth-order valence-electron chi connectivity index (χ4n) is 0.689. The van der Waals surface area contributed by atoms with Crippen molar-refractivity contribution < 1.29 is 14.5 Å². The van der Waals surface area contributed by atoms with Crippen molar-refractivity contribution in [3.63, 3.8) is 0 Å². The number of aromatic nitrogens is 2. The molecular weight excluding hydrogens is 156 g/mol. The number of hydrogen-bond donors (Lipinski definition) is 0. The van der Waals surface area contributed by atoms with Gasteiger partial charge in [0.05, 0.1) is 13.6 Å². The topological polar surface area (TPSA) is 48.9 Å². The summed E-state index contributed by atoms with van der Waals surface area (Å²) < 4.78 is 4.16. The summed E-state index contributed by atoms with van der Waals surface area (Å²) in [6.07, 6.45) is 6.14. The minimum atomic E-state index is -1.08. The molecule has 1 rings (SSSR count). The van der Waals surface area contributed by atoms with Crippen molar-refractivity contribution in [2.75, 3.05) is 0 Å². The molecule has 0 radical (unpaired) electrons. The molecule has 0 atom stereocenters. The fraction of sp³-hybridized carbons (Fsp3) is 0.500. The van der Waals surface area contributed by atoms with Gasteiger partial charge in [0.2, 0.25) is 6.33 Å². The minimum absolute atomic E-state index is 0.972. The van der Waals surface area contributed by atoms with Crippen LogP contribution in [-0.4, -0.2) is 10.5 Å². The quantitative estimate of drug-likeness (QED) is 0.512. The molecule has 0 aliphatic rings. The van der Waals surface area contributed by atoms with Crippen molar-refractivity contribution >= 4 is 5.97 Å². The van der Waals surface area contributed by atoms with E-state index in [1.54, 1.807) is 0 Å². The number of nitrogens with zero attached hydrogens (tertiary/aromatic N) is 2. The highest BCUT2D eigenvalue weighted by molar-refractivity contribution is 5.60. The molecule has 4 heteroatoms. The van der Waals surface area contributed by atoms with E-state index in [1.165, 1.54) is 0 Å². The van der Waals surface area contributed by atoms with E-state index in [1.807, 2.05) is 17.8 Å². The third-order valence-corrected chi connectivity index (χ3v) is 1.19. The zero-order valence-electron chi connectivity index (χ0n) is 7.65. The second kappa shape index (κ2) is 5.35. The normalized spacial score (nSPS) is 8.58. The summed E-state index contributed by atoms with van der Waals surface area (Å²) in [5.41, 5.74) is 0. The molecule has 1 aromatic heterocycles. The Morgan fingerprint density at radius 1 is 1.67 bits per heavy atom. The van der Waals surface area contributed by atoms with E-state index in [9.17, 15) is 0 Å². The van der Waals surface area contributed by atoms with Gasteiger partial charge in [-0.15, -0.1) is 0 Å². The fourth-order valence-corrected chi connectivity index (χ4v) is 0.689. The highest BCUT2D eigenvalue weighted by Crippen LogP contribution is 1.74. The maximum atomic E-state index is 8.89. The number of carboxylic acids is 1. The molecule has 0 amide bonds. The first-order chi connectivity index (χ1) is 5.56. The average molecular weight is 170 g/mol. The number of aliphatic carboxylic acids is 1. The summed E-state index contributed by atoms with van der Waals surface area (Å²) in [6, 6.07) is 0. The van der Waals surface area contributed by atoms with Gasteiger partial charge < -0.3 is 9.90 Å². The molecule has 12 heavy (non-hydrogen) atoms. The summed E-state index contributed by atoms with van der Waals surface area (Å²) in [7, 11) is 2.02. The van der Waals surface area contributed by atoms with Gasteiger partial charge in [-0.25, -0.2) is 9.13 Å². The van der Waals surface area contributed by atoms with Crippen LogP contribution in [0, 0.1) is 0 Å². The molecule has 0 aliphatic heterocycles. The van der Waals surface area contributed by atoms with Crippen LogP contribution in [0.2, 0.25) is 0 Å². The van der Waals surface area contributed by atoms with Crippen LogP contribution in [0.5, 0.6) is 0 Å². The lowest BCUT2D eigenvalue weighted by Crippen LogP contribution is -2.28. The summed E-state index contributed by atoms with van der Waals surface area (Å²) in [4.78, 5) is 8.89. The third-order valence-electron chi connectivity index (χ3n) is 1.19. The standard InChI is InChI=1S/C6H11N2.C2H4O2/c1-3-8-5-4-7(2)6-8;1-2(3)4/h4-6H,3H2,1-2H3;1H3,(H,3,4)/q+1;/p-1. The van der Waals surface area contributed by atoms with Crippen LogP contribution >= 0.6 is 0 Å². The first kappa shape index (κ1) is 10.7. The molecule has 68 valence electrons. The molecule has 0 saturated heterocycles. The number of carbonyl (C=O) groups excluding carboxylic acids is 1. The van der Waals surface area contributed by atoms with E-state index in [4.69, 9.17) is 9.90 Å². The van der Waals surface area contributed by atoms with Gasteiger partial charge in [0.1, 0.15) is 12.4 Å². The van der Waals surface area contributed by atoms with Crippen LogP contribution < -0.4 is 9.67 Å². The molecule has 0 bridgehead atoms. The monoisotopic (exact) mass is 170 g/mol. The molecule has 1 aromatic rings. The van der Waals surface area contributed by atoms with Gasteiger partial charge in [0, 0.05) is 5.97 Å². The SMILES string of the molecule is CC(=O)[O-].CC[n+]1ccn(C)c1. The van der Waals surface area contributed by atoms with Gasteiger partial charge in [-0.3, -0.25) is 0 Å². The van der Waals surface area contributed by atoms with Crippen molar-refractivity contribution in [3.05, 3.63) is 18.7 Å². The van der Waals surface area contributed by atoms with Crippen LogP contribution in [0.4, 0.5) is 0 Å². The van der Waals surface area contributed by atoms with Gasteiger partial charge in [-0.05, 0) is 13.8 Å². The maximum Gasteiger partial charge on any atom is 0.243 e. The lowest BCUT2D eigenvalue weighted by molar-refractivity contribution is -0.693. The predicted octanol–water partition coefficient (Wildman–Crippen LogP) is -0.911. The Kier molecular flexibility index (Phi) is 4.76. The maximum absolute atomic E-state index is 8.89. The number of carboxylic acid groups (broad SMARTS) is 1. The lowest BCUT2D eigenvalue weighted by Gasteiger charge is -1.81. The molecule has 0 spiro atoms. The van der Waals surface area contributed by atoms with Crippen molar-refractivity contribution in [2.24, 2.45) is 7.05 Å². The Morgan fingerprint density at radius 2 is 2.17 bits per heavy atom. The van der Waals surface area contributed by atoms with Crippen LogP contribution in [0.3, 0.4) is 0 Å². The number of imidazole rings is 1. The second-order valence-electron chi connectivity index (χ2n) is 2.40. The van der Waals surface area contributed by atoms with Crippen molar-refractivity contribution in [3.8, 4) is 0 Å². The number of aryl methyl sites for hydroxylation is 2. The van der Waals surface area contributed by atoms with Crippen molar-refractivity contribution in [2.45, 2.75) is 20.4 Å². The van der Waals surface area contributed by atoms with Crippen molar-refractivity contribution in [1.29, 1.82) is 0 Å². The molecule has 0 unspecified atom stereocenters. The van der Waals surface area contributed by atoms with E-state index in [0.29, 0.717) is 0 Å². The highest BCUT2D eigenvalue weighted by Gasteiger charge is 1.92. The number of rotatable bonds is 1. The molecule has 0 aromatic carbocycles. The molecular formula is C8H14N2O2. The van der Waals surface area contributed by atoms with Crippen molar-refractivity contribution in [1.82, 2.24) is 4.57 Å². The Bertz CT molecular complexity index is 239. The van der Waals surface area contributed by atoms with Crippen LogP contribution in [0.1, 0.15) is 13.8 Å². The molecule has 0 aliphatic carbocycles. The first-order valence-corrected chi connectivity index (χ1v) is 3.74. The minimum Gasteiger partial charge on any atom is -0.550 e. The Balaban J connectivity index is 0.000000261. The Hall–Kier alpha value is -1.32. The molecule has 1 heterocycles. The van der Waals surface area contributed by atoms with Gasteiger partial charge in [-0.2, -0.15) is 0 Å². The van der Waals surface area contributed by atoms with E-state index >= 15 is 0 Å². The van der Waals surface area contributed by atoms with Gasteiger partial charge >= 0.3 is 0 Å². The van der Waals surface area contributed by atoms with E-state index in [-0.39, 0.29) is 0 Å². The summed E-state index contributed by atoms with van der Waals surface area (Å²) in [6.45, 7) is 4.15. The zero-order chi connectivity index (χ0) is 9.56. The lowest BCUT2D eigenvalue weighted by atomic mass is 10.7. The Morgan fingerprint density at radius 3 is 2.33 bits per heavy atom. The molecule has 0 N–H and O–H groups in total. The summed E-state index contributed by atoms with van der Waals surface area (Å²) in [5.74, 6) is -1.08.